The van der Waals surface area contributed by atoms with Crippen molar-refractivity contribution in [1.82, 2.24) is 0 Å². The zero-order valence-corrected chi connectivity index (χ0v) is 9.72. The second-order valence-corrected chi connectivity index (χ2v) is 3.77. The molecule has 0 spiro atoms. The molecular formula is C12H10F3NS. The molecule has 0 radical (unpaired) electrons. The van der Waals surface area contributed by atoms with E-state index < -0.39 is 11.7 Å². The number of halogens is 3. The molecule has 0 saturated heterocycles. The third kappa shape index (κ3) is 3.82. The largest absolute Gasteiger partial charge is 0.416 e. The van der Waals surface area contributed by atoms with Gasteiger partial charge in [-0.25, -0.2) is 0 Å². The predicted molar refractivity (Wildman–Crippen MR) is 63.7 cm³/mol. The molecule has 17 heavy (non-hydrogen) atoms. The molecule has 0 unspecified atom stereocenters. The molecule has 0 aliphatic rings. The van der Waals surface area contributed by atoms with E-state index in [9.17, 15) is 13.2 Å². The minimum absolute atomic E-state index is 0.0234. The molecule has 0 atom stereocenters. The lowest BCUT2D eigenvalue weighted by Gasteiger charge is -2.07. The third-order valence-corrected chi connectivity index (χ3v) is 2.35. The smallest absolute Gasteiger partial charge is 0.192 e. The molecule has 0 amide bonds. The van der Waals surface area contributed by atoms with E-state index in [0.29, 0.717) is 17.7 Å². The third-order valence-electron chi connectivity index (χ3n) is 2.09. The van der Waals surface area contributed by atoms with Crippen molar-refractivity contribution in [3.05, 3.63) is 41.0 Å². The van der Waals surface area contributed by atoms with E-state index in [1.54, 1.807) is 18.2 Å². The zero-order chi connectivity index (χ0) is 12.9. The van der Waals surface area contributed by atoms with Crippen molar-refractivity contribution < 1.29 is 13.2 Å². The lowest BCUT2D eigenvalue weighted by atomic mass is 10.0. The highest BCUT2D eigenvalue weighted by Gasteiger charge is 2.30. The Morgan fingerprint density at radius 3 is 2.59 bits per heavy atom. The molecule has 1 nitrogen and oxygen atoms in total. The van der Waals surface area contributed by atoms with Crippen molar-refractivity contribution >= 4 is 18.7 Å². The Hall–Kier alpha value is -1.41. The maximum Gasteiger partial charge on any atom is 0.416 e. The van der Waals surface area contributed by atoms with Gasteiger partial charge in [-0.3, -0.25) is 0 Å². The summed E-state index contributed by atoms with van der Waals surface area (Å²) in [4.78, 5) is 0. The average molecular weight is 257 g/mol. The van der Waals surface area contributed by atoms with Crippen LogP contribution < -0.4 is 0 Å². The van der Waals surface area contributed by atoms with Crippen LogP contribution in [0.3, 0.4) is 0 Å². The molecule has 0 aliphatic carbocycles. The highest BCUT2D eigenvalue weighted by molar-refractivity contribution is 7.80. The number of hydrogen-bond acceptors (Lipinski definition) is 2. The van der Waals surface area contributed by atoms with Crippen molar-refractivity contribution in [1.29, 1.82) is 5.26 Å². The van der Waals surface area contributed by atoms with Crippen LogP contribution in [0.25, 0.3) is 6.08 Å². The first-order valence-electron chi connectivity index (χ1n) is 4.88. The highest BCUT2D eigenvalue weighted by Crippen LogP contribution is 2.30. The van der Waals surface area contributed by atoms with Gasteiger partial charge in [-0.2, -0.15) is 31.1 Å². The highest BCUT2D eigenvalue weighted by atomic mass is 32.1. The summed E-state index contributed by atoms with van der Waals surface area (Å²) in [6.07, 6.45) is -0.306. The second kappa shape index (κ2) is 5.78. The number of nitriles is 1. The molecule has 0 fully saturated rings. The first kappa shape index (κ1) is 13.7. The molecule has 0 aliphatic heterocycles. The van der Waals surface area contributed by atoms with Crippen LogP contribution in [-0.4, -0.2) is 5.75 Å². The van der Waals surface area contributed by atoms with E-state index >= 15 is 0 Å². The van der Waals surface area contributed by atoms with Gasteiger partial charge >= 0.3 is 6.18 Å². The molecule has 0 saturated carbocycles. The van der Waals surface area contributed by atoms with Crippen molar-refractivity contribution in [3.8, 4) is 6.07 Å². The SMILES string of the molecule is N#Cc1cc(C(F)(F)F)ccc1C=CCCS. The zero-order valence-electron chi connectivity index (χ0n) is 8.83. The summed E-state index contributed by atoms with van der Waals surface area (Å²) in [6, 6.07) is 4.90. The van der Waals surface area contributed by atoms with Gasteiger partial charge in [0, 0.05) is 0 Å². The van der Waals surface area contributed by atoms with Crippen LogP contribution in [-0.2, 0) is 6.18 Å². The molecule has 90 valence electrons. The lowest BCUT2D eigenvalue weighted by molar-refractivity contribution is -0.137. The van der Waals surface area contributed by atoms with Crippen LogP contribution >= 0.6 is 12.6 Å². The monoisotopic (exact) mass is 257 g/mol. The summed E-state index contributed by atoms with van der Waals surface area (Å²) in [5.74, 6) is 0.652. The summed E-state index contributed by atoms with van der Waals surface area (Å²) >= 11 is 4.00. The normalized spacial score (nSPS) is 11.7. The average Bonchev–Trinajstić information content (AvgIpc) is 2.28. The predicted octanol–water partition coefficient (Wildman–Crippen LogP) is 3.91. The van der Waals surface area contributed by atoms with Crippen LogP contribution in [0.5, 0.6) is 0 Å². The fraction of sp³-hybridized carbons (Fsp3) is 0.250. The van der Waals surface area contributed by atoms with E-state index in [4.69, 9.17) is 5.26 Å². The maximum absolute atomic E-state index is 12.4. The molecule has 0 heterocycles. The van der Waals surface area contributed by atoms with Gasteiger partial charge in [0.1, 0.15) is 0 Å². The first-order valence-corrected chi connectivity index (χ1v) is 5.51. The van der Waals surface area contributed by atoms with E-state index in [1.807, 2.05) is 0 Å². The van der Waals surface area contributed by atoms with Crippen molar-refractivity contribution in [2.75, 3.05) is 5.75 Å². The summed E-state index contributed by atoms with van der Waals surface area (Å²) in [7, 11) is 0. The van der Waals surface area contributed by atoms with Crippen molar-refractivity contribution in [2.45, 2.75) is 12.6 Å². The van der Waals surface area contributed by atoms with Crippen LogP contribution in [0.2, 0.25) is 0 Å². The fourth-order valence-corrected chi connectivity index (χ4v) is 1.41. The van der Waals surface area contributed by atoms with E-state index in [1.165, 1.54) is 6.07 Å². The first-order chi connectivity index (χ1) is 7.99. The summed E-state index contributed by atoms with van der Waals surface area (Å²) < 4.78 is 37.2. The Balaban J connectivity index is 3.07. The van der Waals surface area contributed by atoms with Gasteiger partial charge in [0.2, 0.25) is 0 Å². The number of alkyl halides is 3. The number of benzene rings is 1. The second-order valence-electron chi connectivity index (χ2n) is 3.33. The van der Waals surface area contributed by atoms with Gasteiger partial charge in [-0.05, 0) is 29.9 Å². The Bertz CT molecular complexity index is 458. The van der Waals surface area contributed by atoms with Gasteiger partial charge in [0.05, 0.1) is 17.2 Å². The Morgan fingerprint density at radius 1 is 1.35 bits per heavy atom. The number of rotatable bonds is 3. The van der Waals surface area contributed by atoms with Crippen LogP contribution in [0, 0.1) is 11.3 Å². The molecule has 1 rings (SSSR count). The molecule has 1 aromatic rings. The fourth-order valence-electron chi connectivity index (χ4n) is 1.26. The standard InChI is InChI=1S/C12H10F3NS/c13-12(14,15)11-5-4-9(3-1-2-6-17)10(7-11)8-16/h1,3-5,7,17H,2,6H2. The minimum Gasteiger partial charge on any atom is -0.192 e. The lowest BCUT2D eigenvalue weighted by Crippen LogP contribution is -2.05. The van der Waals surface area contributed by atoms with Gasteiger partial charge < -0.3 is 0 Å². The van der Waals surface area contributed by atoms with Gasteiger partial charge in [-0.15, -0.1) is 0 Å². The van der Waals surface area contributed by atoms with Crippen molar-refractivity contribution in [2.24, 2.45) is 0 Å². The Labute approximate surface area is 103 Å². The molecule has 0 bridgehead atoms. The summed E-state index contributed by atoms with van der Waals surface area (Å²) in [5.41, 5.74) is -0.294. The number of allylic oxidation sites excluding steroid dienone is 1. The molecule has 0 N–H and O–H groups in total. The number of nitrogens with zero attached hydrogens (tertiary/aromatic N) is 1. The molecule has 5 heteroatoms. The Morgan fingerprint density at radius 2 is 2.06 bits per heavy atom. The topological polar surface area (TPSA) is 23.8 Å². The molecule has 0 aromatic heterocycles. The van der Waals surface area contributed by atoms with Crippen LogP contribution in [0.1, 0.15) is 23.1 Å². The minimum atomic E-state index is -4.42. The summed E-state index contributed by atoms with van der Waals surface area (Å²) in [6.45, 7) is 0. The molecular weight excluding hydrogens is 247 g/mol. The van der Waals surface area contributed by atoms with E-state index in [0.717, 1.165) is 12.1 Å². The van der Waals surface area contributed by atoms with Gasteiger partial charge in [0.25, 0.3) is 0 Å². The van der Waals surface area contributed by atoms with Gasteiger partial charge in [-0.1, -0.05) is 18.2 Å². The number of thiol groups is 1. The number of hydrogen-bond donors (Lipinski definition) is 1. The van der Waals surface area contributed by atoms with Crippen molar-refractivity contribution in [3.63, 3.8) is 0 Å². The van der Waals surface area contributed by atoms with E-state index in [-0.39, 0.29) is 5.56 Å². The van der Waals surface area contributed by atoms with Crippen LogP contribution in [0.4, 0.5) is 13.2 Å². The van der Waals surface area contributed by atoms with E-state index in [2.05, 4.69) is 12.6 Å². The van der Waals surface area contributed by atoms with Gasteiger partial charge in [0.15, 0.2) is 0 Å². The Kier molecular flexibility index (Phi) is 4.64. The molecule has 1 aromatic carbocycles. The summed E-state index contributed by atoms with van der Waals surface area (Å²) in [5, 5.41) is 8.80. The van der Waals surface area contributed by atoms with Crippen LogP contribution in [0.15, 0.2) is 24.3 Å². The quantitative estimate of drug-likeness (QED) is 0.815. The maximum atomic E-state index is 12.4.